The molecule has 5 nitrogen and oxygen atoms in total. The Labute approximate surface area is 119 Å². The molecule has 19 heavy (non-hydrogen) atoms. The standard InChI is InChI=1S/C12H15NO4S2/c1-18-6-8-2-3-9(17-8)10(14)13-12(11(15)16)4-5-19-7-12/h2-3H,4-7H2,1H3,(H,13,14)(H,15,16). The van der Waals surface area contributed by atoms with E-state index in [9.17, 15) is 14.7 Å². The fraction of sp³-hybridized carbons (Fsp3) is 0.500. The third kappa shape index (κ3) is 3.09. The first kappa shape index (κ1) is 14.3. The molecule has 1 aliphatic heterocycles. The Hall–Kier alpha value is -1.08. The molecule has 1 aromatic rings. The number of carboxylic acid groups (broad SMARTS) is 1. The van der Waals surface area contributed by atoms with E-state index in [0.29, 0.717) is 23.7 Å². The zero-order valence-electron chi connectivity index (χ0n) is 10.5. The van der Waals surface area contributed by atoms with Crippen LogP contribution in [0.5, 0.6) is 0 Å². The zero-order valence-corrected chi connectivity index (χ0v) is 12.1. The van der Waals surface area contributed by atoms with Gasteiger partial charge in [0.05, 0.1) is 5.75 Å². The highest BCUT2D eigenvalue weighted by molar-refractivity contribution is 7.99. The van der Waals surface area contributed by atoms with Gasteiger partial charge in [0.2, 0.25) is 0 Å². The molecule has 1 fully saturated rings. The Kier molecular flexibility index (Phi) is 4.46. The van der Waals surface area contributed by atoms with Crippen LogP contribution in [0.15, 0.2) is 16.5 Å². The lowest BCUT2D eigenvalue weighted by Gasteiger charge is -2.23. The number of carboxylic acids is 1. The molecule has 0 bridgehead atoms. The van der Waals surface area contributed by atoms with Gasteiger partial charge in [0.1, 0.15) is 11.3 Å². The fourth-order valence-corrected chi connectivity index (χ4v) is 3.65. The molecule has 0 radical (unpaired) electrons. The van der Waals surface area contributed by atoms with Gasteiger partial charge >= 0.3 is 5.97 Å². The molecule has 1 aliphatic rings. The average molecular weight is 301 g/mol. The van der Waals surface area contributed by atoms with Crippen LogP contribution in [0.3, 0.4) is 0 Å². The van der Waals surface area contributed by atoms with Crippen LogP contribution < -0.4 is 5.32 Å². The van der Waals surface area contributed by atoms with E-state index in [1.165, 1.54) is 11.8 Å². The Balaban J connectivity index is 2.08. The Bertz CT molecular complexity index is 480. The van der Waals surface area contributed by atoms with Crippen molar-refractivity contribution < 1.29 is 19.1 Å². The van der Waals surface area contributed by atoms with Crippen LogP contribution in [0.1, 0.15) is 22.7 Å². The molecule has 0 aliphatic carbocycles. The highest BCUT2D eigenvalue weighted by Gasteiger charge is 2.43. The molecule has 2 rings (SSSR count). The zero-order chi connectivity index (χ0) is 13.9. The Morgan fingerprint density at radius 3 is 2.95 bits per heavy atom. The van der Waals surface area contributed by atoms with E-state index in [1.54, 1.807) is 23.9 Å². The maximum absolute atomic E-state index is 12.0. The first-order chi connectivity index (χ1) is 9.07. The van der Waals surface area contributed by atoms with E-state index in [2.05, 4.69) is 5.32 Å². The van der Waals surface area contributed by atoms with Gasteiger partial charge in [0.25, 0.3) is 5.91 Å². The van der Waals surface area contributed by atoms with Crippen LogP contribution in [0, 0.1) is 0 Å². The van der Waals surface area contributed by atoms with Crippen molar-refractivity contribution in [2.45, 2.75) is 17.7 Å². The second-order valence-corrected chi connectivity index (χ2v) is 6.31. The number of rotatable bonds is 5. The molecule has 1 amide bonds. The minimum absolute atomic E-state index is 0.168. The second-order valence-electron chi connectivity index (χ2n) is 4.34. The number of hydrogen-bond acceptors (Lipinski definition) is 5. The summed E-state index contributed by atoms with van der Waals surface area (Å²) in [5.74, 6) is 1.26. The van der Waals surface area contributed by atoms with Crippen LogP contribution in [0.2, 0.25) is 0 Å². The van der Waals surface area contributed by atoms with Crippen LogP contribution >= 0.6 is 23.5 Å². The molecule has 1 aromatic heterocycles. The average Bonchev–Trinajstić information content (AvgIpc) is 2.99. The largest absolute Gasteiger partial charge is 0.479 e. The SMILES string of the molecule is CSCc1ccc(C(=O)NC2(C(=O)O)CCSC2)o1. The van der Waals surface area contributed by atoms with E-state index in [0.717, 1.165) is 5.75 Å². The van der Waals surface area contributed by atoms with Crippen molar-refractivity contribution in [2.24, 2.45) is 0 Å². The molecule has 2 heterocycles. The van der Waals surface area contributed by atoms with Crippen molar-refractivity contribution in [1.29, 1.82) is 0 Å². The minimum Gasteiger partial charge on any atom is -0.479 e. The summed E-state index contributed by atoms with van der Waals surface area (Å²) in [7, 11) is 0. The molecule has 2 N–H and O–H groups in total. The van der Waals surface area contributed by atoms with Crippen LogP contribution in [0.4, 0.5) is 0 Å². The van der Waals surface area contributed by atoms with Gasteiger partial charge < -0.3 is 14.8 Å². The summed E-state index contributed by atoms with van der Waals surface area (Å²) < 4.78 is 5.39. The van der Waals surface area contributed by atoms with Crippen molar-refractivity contribution in [1.82, 2.24) is 5.32 Å². The summed E-state index contributed by atoms with van der Waals surface area (Å²) in [4.78, 5) is 23.4. The lowest BCUT2D eigenvalue weighted by molar-refractivity contribution is -0.143. The van der Waals surface area contributed by atoms with E-state index < -0.39 is 17.4 Å². The fourth-order valence-electron chi connectivity index (χ4n) is 1.88. The lowest BCUT2D eigenvalue weighted by atomic mass is 9.99. The summed E-state index contributed by atoms with van der Waals surface area (Å²) in [5, 5.41) is 11.9. The van der Waals surface area contributed by atoms with E-state index in [-0.39, 0.29) is 5.76 Å². The summed E-state index contributed by atoms with van der Waals surface area (Å²) in [6.07, 6.45) is 2.38. The molecule has 0 spiro atoms. The van der Waals surface area contributed by atoms with Crippen LogP contribution in [-0.2, 0) is 10.5 Å². The smallest absolute Gasteiger partial charge is 0.330 e. The van der Waals surface area contributed by atoms with Gasteiger partial charge in [-0.05, 0) is 30.6 Å². The highest BCUT2D eigenvalue weighted by Crippen LogP contribution is 2.28. The molecule has 7 heteroatoms. The predicted molar refractivity (Wildman–Crippen MR) is 75.7 cm³/mol. The maximum atomic E-state index is 12.0. The van der Waals surface area contributed by atoms with Gasteiger partial charge in [-0.1, -0.05) is 0 Å². The van der Waals surface area contributed by atoms with E-state index in [4.69, 9.17) is 4.42 Å². The number of thioether (sulfide) groups is 2. The van der Waals surface area contributed by atoms with Crippen LogP contribution in [0.25, 0.3) is 0 Å². The summed E-state index contributed by atoms with van der Waals surface area (Å²) in [5.41, 5.74) is -1.16. The molecular formula is C12H15NO4S2. The molecule has 1 atom stereocenters. The van der Waals surface area contributed by atoms with Crippen molar-refractivity contribution in [3.05, 3.63) is 23.7 Å². The monoisotopic (exact) mass is 301 g/mol. The first-order valence-electron chi connectivity index (χ1n) is 5.79. The van der Waals surface area contributed by atoms with Gasteiger partial charge in [0, 0.05) is 5.75 Å². The maximum Gasteiger partial charge on any atom is 0.330 e. The molecule has 1 saturated heterocycles. The van der Waals surface area contributed by atoms with Gasteiger partial charge in [-0.25, -0.2) is 4.79 Å². The first-order valence-corrected chi connectivity index (χ1v) is 8.33. The molecular weight excluding hydrogens is 286 g/mol. The van der Waals surface area contributed by atoms with Crippen molar-refractivity contribution in [3.63, 3.8) is 0 Å². The normalized spacial score (nSPS) is 22.4. The summed E-state index contributed by atoms with van der Waals surface area (Å²) in [6, 6.07) is 3.32. The second kappa shape index (κ2) is 5.92. The lowest BCUT2D eigenvalue weighted by Crippen LogP contribution is -2.54. The van der Waals surface area contributed by atoms with Crippen molar-refractivity contribution in [3.8, 4) is 0 Å². The number of hydrogen-bond donors (Lipinski definition) is 2. The quantitative estimate of drug-likeness (QED) is 0.864. The number of amides is 1. The minimum atomic E-state index is -1.16. The van der Waals surface area contributed by atoms with Gasteiger partial charge in [-0.3, -0.25) is 4.79 Å². The molecule has 0 saturated carbocycles. The summed E-state index contributed by atoms with van der Waals surface area (Å²) >= 11 is 3.12. The van der Waals surface area contributed by atoms with E-state index in [1.807, 2.05) is 6.26 Å². The van der Waals surface area contributed by atoms with Crippen molar-refractivity contribution in [2.75, 3.05) is 17.8 Å². The molecule has 1 unspecified atom stereocenters. The third-order valence-corrected chi connectivity index (χ3v) is 4.72. The van der Waals surface area contributed by atoms with E-state index >= 15 is 0 Å². The number of furan rings is 1. The molecule has 0 aromatic carbocycles. The topological polar surface area (TPSA) is 79.5 Å². The van der Waals surface area contributed by atoms with Gasteiger partial charge in [0.15, 0.2) is 5.76 Å². The highest BCUT2D eigenvalue weighted by atomic mass is 32.2. The Morgan fingerprint density at radius 1 is 1.58 bits per heavy atom. The van der Waals surface area contributed by atoms with Gasteiger partial charge in [-0.15, -0.1) is 0 Å². The summed E-state index contributed by atoms with van der Waals surface area (Å²) in [6.45, 7) is 0. The predicted octanol–water partition coefficient (Wildman–Crippen LogP) is 1.83. The number of carbonyl (C=O) groups excluding carboxylic acids is 1. The molecule has 104 valence electrons. The number of aliphatic carboxylic acids is 1. The van der Waals surface area contributed by atoms with Gasteiger partial charge in [-0.2, -0.15) is 23.5 Å². The third-order valence-electron chi connectivity index (χ3n) is 2.96. The van der Waals surface area contributed by atoms with Crippen molar-refractivity contribution >= 4 is 35.4 Å². The number of nitrogens with one attached hydrogen (secondary N) is 1. The van der Waals surface area contributed by atoms with Crippen LogP contribution in [-0.4, -0.2) is 40.3 Å². The Morgan fingerprint density at radius 2 is 2.37 bits per heavy atom. The number of carbonyl (C=O) groups is 2.